The van der Waals surface area contributed by atoms with Crippen molar-refractivity contribution in [1.82, 2.24) is 0 Å². The van der Waals surface area contributed by atoms with Gasteiger partial charge in [-0.1, -0.05) is 87.9 Å². The van der Waals surface area contributed by atoms with Crippen molar-refractivity contribution in [2.75, 3.05) is 0 Å². The van der Waals surface area contributed by atoms with Gasteiger partial charge in [0.2, 0.25) is 0 Å². The summed E-state index contributed by atoms with van der Waals surface area (Å²) in [4.78, 5) is 1.84. The van der Waals surface area contributed by atoms with Gasteiger partial charge in [0.25, 0.3) is 0 Å². The number of hydrogen-bond donors (Lipinski definition) is 2. The van der Waals surface area contributed by atoms with E-state index in [0.717, 1.165) is 35.7 Å². The monoisotopic (exact) mass is 708 g/mol. The second-order valence-corrected chi connectivity index (χ2v) is 14.8. The molecule has 3 rings (SSSR count). The first-order chi connectivity index (χ1) is 17.3. The summed E-state index contributed by atoms with van der Waals surface area (Å²) in [6, 6.07) is 4.17. The Labute approximate surface area is 256 Å². The van der Waals surface area contributed by atoms with Gasteiger partial charge in [0.05, 0.1) is 23.3 Å². The van der Waals surface area contributed by atoms with Crippen molar-refractivity contribution in [1.29, 1.82) is 5.41 Å². The molecule has 0 saturated carbocycles. The summed E-state index contributed by atoms with van der Waals surface area (Å²) in [6.45, 7) is 4.28. The molecule has 0 amide bonds. The minimum Gasteiger partial charge on any atom is -0.298 e. The van der Waals surface area contributed by atoms with E-state index in [1.807, 2.05) is 13.0 Å². The number of rotatable bonds is 13. The van der Waals surface area contributed by atoms with Gasteiger partial charge in [0.1, 0.15) is 5.71 Å². The summed E-state index contributed by atoms with van der Waals surface area (Å²) >= 11 is 28.3. The average Bonchev–Trinajstić information content (AvgIpc) is 3.38. The highest BCUT2D eigenvalue weighted by atomic mass is 79.9. The van der Waals surface area contributed by atoms with E-state index in [1.54, 1.807) is 11.3 Å². The van der Waals surface area contributed by atoms with Crippen LogP contribution in [0.5, 0.6) is 0 Å². The SMILES string of the molecule is CCCCCCCCCCCCc1cc(C2=C(Cl)C(Cl)=C(c3cc(C)c(Br)s3)C(=N)/C2=N\S)sc1Br. The molecule has 0 atom stereocenters. The molecule has 1 N–H and O–H groups in total. The second-order valence-electron chi connectivity index (χ2n) is 9.11. The van der Waals surface area contributed by atoms with Crippen LogP contribution in [0.1, 0.15) is 92.0 Å². The molecular formula is C27H32Br2Cl2N2S3. The van der Waals surface area contributed by atoms with Crippen LogP contribution < -0.4 is 0 Å². The van der Waals surface area contributed by atoms with E-state index < -0.39 is 0 Å². The maximum atomic E-state index is 8.89. The third kappa shape index (κ3) is 7.61. The molecule has 2 aromatic rings. The Balaban J connectivity index is 1.69. The summed E-state index contributed by atoms with van der Waals surface area (Å²) in [5, 5.41) is 9.68. The summed E-state index contributed by atoms with van der Waals surface area (Å²) in [7, 11) is 0. The predicted molar refractivity (Wildman–Crippen MR) is 174 cm³/mol. The highest BCUT2D eigenvalue weighted by Gasteiger charge is 2.33. The molecule has 0 spiro atoms. The Morgan fingerprint density at radius 3 is 1.92 bits per heavy atom. The normalized spacial score (nSPS) is 15.6. The average molecular weight is 711 g/mol. The van der Waals surface area contributed by atoms with Crippen molar-refractivity contribution in [3.63, 3.8) is 0 Å². The number of unbranched alkanes of at least 4 members (excludes halogenated alkanes) is 9. The molecule has 196 valence electrons. The van der Waals surface area contributed by atoms with Gasteiger partial charge in [0.15, 0.2) is 0 Å². The first-order valence-electron chi connectivity index (χ1n) is 12.5. The van der Waals surface area contributed by atoms with Crippen molar-refractivity contribution in [3.05, 3.63) is 50.7 Å². The van der Waals surface area contributed by atoms with Gasteiger partial charge in [-0.15, -0.1) is 22.7 Å². The highest BCUT2D eigenvalue weighted by molar-refractivity contribution is 9.11. The third-order valence-corrected chi connectivity index (χ3v) is 11.5. The van der Waals surface area contributed by atoms with Crippen molar-refractivity contribution in [3.8, 4) is 0 Å². The molecule has 0 aliphatic heterocycles. The first kappa shape index (κ1) is 30.6. The van der Waals surface area contributed by atoms with Crippen LogP contribution in [-0.4, -0.2) is 11.4 Å². The Bertz CT molecular complexity index is 1160. The van der Waals surface area contributed by atoms with E-state index in [2.05, 4.69) is 62.1 Å². The van der Waals surface area contributed by atoms with Crippen LogP contribution in [-0.2, 0) is 6.42 Å². The second kappa shape index (κ2) is 15.0. The molecule has 0 fully saturated rings. The van der Waals surface area contributed by atoms with Crippen molar-refractivity contribution in [2.24, 2.45) is 4.40 Å². The van der Waals surface area contributed by atoms with Gasteiger partial charge in [-0.25, -0.2) is 4.40 Å². The number of allylic oxidation sites excluding steroid dienone is 4. The number of thiophene rings is 2. The fraction of sp³-hybridized carbons (Fsp3) is 0.481. The molecule has 0 unspecified atom stereocenters. The molecule has 2 aromatic heterocycles. The standard InChI is InChI=1S/C27H32Br2Cl2N2S3/c1-3-4-5-6-7-8-9-10-11-12-13-17-15-19(36-27(17)29)21-23(31)22(30)20(24(32)25(21)33-34)18-14-16(2)26(28)35-18/h14-15,32,34H,3-13H2,1-2H3/b32-24?,33-25-. The Morgan fingerprint density at radius 2 is 1.36 bits per heavy atom. The minimum atomic E-state index is 0.240. The van der Waals surface area contributed by atoms with Crippen molar-refractivity contribution >= 4 is 113 Å². The minimum absolute atomic E-state index is 0.240. The van der Waals surface area contributed by atoms with Crippen LogP contribution in [0, 0.1) is 12.3 Å². The van der Waals surface area contributed by atoms with Gasteiger partial charge < -0.3 is 0 Å². The highest BCUT2D eigenvalue weighted by Crippen LogP contribution is 2.46. The number of nitrogens with zero attached hydrogens (tertiary/aromatic N) is 1. The van der Waals surface area contributed by atoms with E-state index in [1.165, 1.54) is 74.7 Å². The fourth-order valence-corrected chi connectivity index (χ4v) is 8.62. The number of thiol groups is 1. The number of aryl methyl sites for hydroxylation is 2. The van der Waals surface area contributed by atoms with E-state index in [4.69, 9.17) is 28.6 Å². The van der Waals surface area contributed by atoms with Crippen LogP contribution in [0.15, 0.2) is 34.2 Å². The molecule has 2 heterocycles. The van der Waals surface area contributed by atoms with E-state index >= 15 is 0 Å². The lowest BCUT2D eigenvalue weighted by Gasteiger charge is -2.21. The molecule has 0 radical (unpaired) electrons. The maximum absolute atomic E-state index is 8.89. The molecule has 2 nitrogen and oxygen atoms in total. The summed E-state index contributed by atoms with van der Waals surface area (Å²) in [6.07, 6.45) is 14.3. The first-order valence-corrected chi connectivity index (χ1v) is 16.8. The van der Waals surface area contributed by atoms with Crippen molar-refractivity contribution < 1.29 is 0 Å². The lowest BCUT2D eigenvalue weighted by Crippen LogP contribution is -2.21. The van der Waals surface area contributed by atoms with Crippen LogP contribution in [0.25, 0.3) is 11.1 Å². The summed E-state index contributed by atoms with van der Waals surface area (Å²) in [5.41, 5.74) is 4.32. The molecule has 0 aromatic carbocycles. The Kier molecular flexibility index (Phi) is 12.8. The lowest BCUT2D eigenvalue weighted by molar-refractivity contribution is 0.556. The van der Waals surface area contributed by atoms with Gasteiger partial charge in [-0.2, -0.15) is 0 Å². The number of nitrogens with one attached hydrogen (secondary N) is 1. The summed E-state index contributed by atoms with van der Waals surface area (Å²) < 4.78 is 6.29. The lowest BCUT2D eigenvalue weighted by atomic mass is 9.91. The van der Waals surface area contributed by atoms with Crippen LogP contribution in [0.3, 0.4) is 0 Å². The molecular weight excluding hydrogens is 679 g/mol. The van der Waals surface area contributed by atoms with E-state index in [9.17, 15) is 0 Å². The molecule has 1 aliphatic carbocycles. The van der Waals surface area contributed by atoms with Crippen LogP contribution in [0.2, 0.25) is 0 Å². The zero-order valence-electron chi connectivity index (χ0n) is 20.7. The van der Waals surface area contributed by atoms with Crippen LogP contribution in [0.4, 0.5) is 0 Å². The molecule has 0 saturated heterocycles. The Morgan fingerprint density at radius 1 is 0.833 bits per heavy atom. The zero-order valence-corrected chi connectivity index (χ0v) is 27.9. The molecule has 1 aliphatic rings. The van der Waals surface area contributed by atoms with Crippen LogP contribution >= 0.6 is 90.6 Å². The topological polar surface area (TPSA) is 36.2 Å². The number of hydrogen-bond acceptors (Lipinski definition) is 5. The van der Waals surface area contributed by atoms with E-state index in [0.29, 0.717) is 26.9 Å². The smallest absolute Gasteiger partial charge is 0.107 e. The van der Waals surface area contributed by atoms with Gasteiger partial charge in [0, 0.05) is 20.9 Å². The van der Waals surface area contributed by atoms with Gasteiger partial charge >= 0.3 is 0 Å². The maximum Gasteiger partial charge on any atom is 0.107 e. The molecule has 9 heteroatoms. The Hall–Kier alpha value is 0.110. The largest absolute Gasteiger partial charge is 0.298 e. The molecule has 36 heavy (non-hydrogen) atoms. The third-order valence-electron chi connectivity index (χ3n) is 6.36. The number of halogens is 4. The predicted octanol–water partition coefficient (Wildman–Crippen LogP) is 12.0. The fourth-order valence-electron chi connectivity index (χ4n) is 4.32. The molecule has 0 bridgehead atoms. The van der Waals surface area contributed by atoms with Crippen molar-refractivity contribution in [2.45, 2.75) is 84.5 Å². The zero-order chi connectivity index (χ0) is 26.2. The van der Waals surface area contributed by atoms with E-state index in [-0.39, 0.29) is 5.71 Å². The van der Waals surface area contributed by atoms with Gasteiger partial charge in [-0.3, -0.25) is 5.41 Å². The summed E-state index contributed by atoms with van der Waals surface area (Å²) in [5.74, 6) is 0. The van der Waals surface area contributed by atoms with Gasteiger partial charge in [-0.05, 0) is 87.7 Å². The quantitative estimate of drug-likeness (QED) is 0.118.